The Kier molecular flexibility index (Phi) is 7.19. The van der Waals surface area contributed by atoms with E-state index in [9.17, 15) is 18.6 Å². The summed E-state index contributed by atoms with van der Waals surface area (Å²) in [5.41, 5.74) is 0. The van der Waals surface area contributed by atoms with Crippen molar-refractivity contribution in [3.63, 3.8) is 0 Å². The fourth-order valence-corrected chi connectivity index (χ4v) is 2.79. The number of hydrogen-bond donors (Lipinski definition) is 4. The van der Waals surface area contributed by atoms with Gasteiger partial charge in [0.2, 0.25) is 0 Å². The van der Waals surface area contributed by atoms with Gasteiger partial charge in [-0.25, -0.2) is 13.4 Å². The van der Waals surface area contributed by atoms with Crippen LogP contribution in [0.5, 0.6) is 0 Å². The molecule has 4 N–H and O–H groups in total. The quantitative estimate of drug-likeness (QED) is 0.291. The molecule has 0 amide bonds. The van der Waals surface area contributed by atoms with Gasteiger partial charge in [0, 0.05) is 0 Å². The van der Waals surface area contributed by atoms with Gasteiger partial charge in [0.15, 0.2) is 0 Å². The fourth-order valence-electron chi connectivity index (χ4n) is 0.280. The zero-order valence-corrected chi connectivity index (χ0v) is 11.3. The molecule has 0 rings (SSSR count). The van der Waals surface area contributed by atoms with Crippen molar-refractivity contribution in [2.24, 2.45) is 0 Å². The molecule has 0 saturated heterocycles. The molecule has 14 heavy (non-hydrogen) atoms. The standard InChI is InChI=1S/Na.H5O10P3/c;1-11(2,3)9-13(7,8)10-12(4,5)6/h;(H,7,8)(H2,1,2,3)(H2,4,5,6)/q+1;/p-1. The molecule has 0 bridgehead atoms. The van der Waals surface area contributed by atoms with Gasteiger partial charge in [0.1, 0.15) is 0 Å². The zero-order valence-electron chi connectivity index (χ0n) is 6.58. The van der Waals surface area contributed by atoms with E-state index >= 15 is 0 Å². The summed E-state index contributed by atoms with van der Waals surface area (Å²) in [6, 6.07) is 0. The average Bonchev–Trinajstić information content (AvgIpc) is 1.43. The molecule has 80 valence electrons. The minimum Gasteiger partial charge on any atom is -0.756 e. The molecule has 14 heteroatoms. The van der Waals surface area contributed by atoms with Gasteiger partial charge in [-0.15, -0.1) is 0 Å². The van der Waals surface area contributed by atoms with Crippen LogP contribution in [0.25, 0.3) is 0 Å². The van der Waals surface area contributed by atoms with Crippen LogP contribution in [0.1, 0.15) is 0 Å². The molecule has 0 aliphatic rings. The van der Waals surface area contributed by atoms with Gasteiger partial charge >= 0.3 is 45.2 Å². The maximum atomic E-state index is 10.3. The molecule has 10 nitrogen and oxygen atoms in total. The van der Waals surface area contributed by atoms with Gasteiger partial charge in [-0.3, -0.25) is 4.57 Å². The summed E-state index contributed by atoms with van der Waals surface area (Å²) < 4.78 is 36.1. The second kappa shape index (κ2) is 5.65. The van der Waals surface area contributed by atoms with E-state index in [1.54, 1.807) is 0 Å². The third-order valence-electron chi connectivity index (χ3n) is 0.416. The number of hydrogen-bond acceptors (Lipinski definition) is 6. The van der Waals surface area contributed by atoms with E-state index in [1.165, 1.54) is 0 Å². The monoisotopic (exact) mass is 280 g/mol. The van der Waals surface area contributed by atoms with Gasteiger partial charge < -0.3 is 24.5 Å². The van der Waals surface area contributed by atoms with Gasteiger partial charge in [-0.1, -0.05) is 0 Å². The van der Waals surface area contributed by atoms with Crippen molar-refractivity contribution >= 4 is 23.5 Å². The average molecular weight is 280 g/mol. The Hall–Kier alpha value is 1.41. The van der Waals surface area contributed by atoms with Crippen molar-refractivity contribution in [2.45, 2.75) is 0 Å². The molecule has 0 saturated carbocycles. The van der Waals surface area contributed by atoms with E-state index in [0.29, 0.717) is 0 Å². The first-order valence-electron chi connectivity index (χ1n) is 2.26. The maximum absolute atomic E-state index is 10.3. The molecular weight excluding hydrogens is 276 g/mol. The largest absolute Gasteiger partial charge is 1.00 e. The summed E-state index contributed by atoms with van der Waals surface area (Å²) in [5.74, 6) is 0. The Labute approximate surface area is 99.6 Å². The van der Waals surface area contributed by atoms with Gasteiger partial charge in [0.05, 0.1) is 0 Å². The van der Waals surface area contributed by atoms with Crippen LogP contribution >= 0.6 is 23.5 Å². The maximum Gasteiger partial charge on any atom is 1.00 e. The SMILES string of the molecule is O=P([O-])(O)OP(=O)(O)OP(=O)(O)O.[Na+]. The predicted octanol–water partition coefficient (Wildman–Crippen LogP) is -4.32. The van der Waals surface area contributed by atoms with Crippen molar-refractivity contribution in [2.75, 3.05) is 0 Å². The Morgan fingerprint density at radius 3 is 1.50 bits per heavy atom. The predicted molar refractivity (Wildman–Crippen MR) is 33.9 cm³/mol. The summed E-state index contributed by atoms with van der Waals surface area (Å²) >= 11 is 0. The molecule has 0 aliphatic carbocycles. The molecular formula is H4NaO10P3. The van der Waals surface area contributed by atoms with Crippen LogP contribution in [-0.4, -0.2) is 19.6 Å². The van der Waals surface area contributed by atoms with E-state index < -0.39 is 23.5 Å². The Morgan fingerprint density at radius 2 is 1.29 bits per heavy atom. The van der Waals surface area contributed by atoms with Gasteiger partial charge in [0.25, 0.3) is 7.82 Å². The van der Waals surface area contributed by atoms with E-state index in [-0.39, 0.29) is 29.6 Å². The summed E-state index contributed by atoms with van der Waals surface area (Å²) in [5, 5.41) is 0. The molecule has 2 atom stereocenters. The first-order valence-corrected chi connectivity index (χ1v) is 6.78. The second-order valence-corrected chi connectivity index (χ2v) is 5.75. The molecule has 0 spiro atoms. The molecule has 0 fully saturated rings. The van der Waals surface area contributed by atoms with E-state index in [0.717, 1.165) is 0 Å². The van der Waals surface area contributed by atoms with Crippen LogP contribution in [0.2, 0.25) is 0 Å². The third-order valence-corrected chi connectivity index (χ3v) is 3.74. The van der Waals surface area contributed by atoms with Crippen molar-refractivity contribution in [3.8, 4) is 0 Å². The molecule has 0 aromatic heterocycles. The Bertz CT molecular complexity index is 277. The molecule has 0 heterocycles. The summed E-state index contributed by atoms with van der Waals surface area (Å²) in [6.45, 7) is 0. The normalized spacial score (nSPS) is 20.4. The van der Waals surface area contributed by atoms with Crippen molar-refractivity contribution in [1.29, 1.82) is 0 Å². The van der Waals surface area contributed by atoms with Gasteiger partial charge in [-0.05, 0) is 0 Å². The van der Waals surface area contributed by atoms with Crippen molar-refractivity contribution < 1.29 is 76.3 Å². The van der Waals surface area contributed by atoms with Crippen LogP contribution in [0, 0.1) is 0 Å². The minimum absolute atomic E-state index is 0. The van der Waals surface area contributed by atoms with Crippen LogP contribution in [0.4, 0.5) is 0 Å². The minimum atomic E-state index is -5.60. The molecule has 0 aromatic rings. The van der Waals surface area contributed by atoms with E-state index in [4.69, 9.17) is 19.6 Å². The smallest absolute Gasteiger partial charge is 0.756 e. The number of phosphoric acid groups is 3. The van der Waals surface area contributed by atoms with Crippen molar-refractivity contribution in [1.82, 2.24) is 0 Å². The fraction of sp³-hybridized carbons (Fsp3) is 0. The van der Waals surface area contributed by atoms with Crippen LogP contribution in [-0.2, 0) is 22.3 Å². The summed E-state index contributed by atoms with van der Waals surface area (Å²) in [7, 11) is -16.5. The van der Waals surface area contributed by atoms with E-state index in [1.807, 2.05) is 0 Å². The van der Waals surface area contributed by atoms with Crippen LogP contribution in [0.3, 0.4) is 0 Å². The third kappa shape index (κ3) is 11.5. The number of rotatable bonds is 4. The van der Waals surface area contributed by atoms with E-state index in [2.05, 4.69) is 8.62 Å². The summed E-state index contributed by atoms with van der Waals surface area (Å²) in [6.07, 6.45) is 0. The molecule has 0 aromatic carbocycles. The molecule has 0 radical (unpaired) electrons. The van der Waals surface area contributed by atoms with Crippen LogP contribution in [0.15, 0.2) is 0 Å². The first-order chi connectivity index (χ1) is 5.41. The molecule has 2 unspecified atom stereocenters. The zero-order chi connectivity index (χ0) is 10.9. The molecule has 0 aliphatic heterocycles. The Balaban J connectivity index is 0. The topological polar surface area (TPSA) is 174 Å². The second-order valence-electron chi connectivity index (χ2n) is 1.59. The van der Waals surface area contributed by atoms with Crippen molar-refractivity contribution in [3.05, 3.63) is 0 Å². The summed E-state index contributed by atoms with van der Waals surface area (Å²) in [4.78, 5) is 41.9. The van der Waals surface area contributed by atoms with Crippen LogP contribution < -0.4 is 34.5 Å². The first kappa shape index (κ1) is 17.8. The van der Waals surface area contributed by atoms with Gasteiger partial charge in [-0.2, -0.15) is 4.31 Å². The Morgan fingerprint density at radius 1 is 0.929 bits per heavy atom.